The Balaban J connectivity index is 2.00. The van der Waals surface area contributed by atoms with Crippen LogP contribution in [0.15, 0.2) is 30.3 Å². The van der Waals surface area contributed by atoms with Crippen molar-refractivity contribution < 1.29 is 18.0 Å². The fourth-order valence-corrected chi connectivity index (χ4v) is 2.13. The average Bonchev–Trinajstić information content (AvgIpc) is 3.19. The molecule has 0 saturated heterocycles. The Kier molecular flexibility index (Phi) is 4.32. The van der Waals surface area contributed by atoms with Gasteiger partial charge in [-0.2, -0.15) is 13.2 Å². The first-order chi connectivity index (χ1) is 9.37. The molecule has 1 amide bonds. The number of nitrogens with two attached hydrogens (primary N) is 1. The van der Waals surface area contributed by atoms with Crippen LogP contribution in [0.25, 0.3) is 0 Å². The summed E-state index contributed by atoms with van der Waals surface area (Å²) in [6.07, 6.45) is -2.88. The average molecular weight is 286 g/mol. The van der Waals surface area contributed by atoms with Crippen LogP contribution >= 0.6 is 0 Å². The van der Waals surface area contributed by atoms with E-state index in [9.17, 15) is 18.0 Å². The number of hydrogen-bond acceptors (Lipinski definition) is 2. The summed E-state index contributed by atoms with van der Waals surface area (Å²) in [6, 6.07) is 7.82. The first-order valence-corrected chi connectivity index (χ1v) is 6.53. The number of halogens is 3. The Bertz CT molecular complexity index is 457. The van der Waals surface area contributed by atoms with Crippen molar-refractivity contribution in [3.63, 3.8) is 0 Å². The van der Waals surface area contributed by atoms with E-state index in [0.717, 1.165) is 10.5 Å². The van der Waals surface area contributed by atoms with Gasteiger partial charge in [0, 0.05) is 6.04 Å². The molecule has 1 saturated carbocycles. The highest BCUT2D eigenvalue weighted by atomic mass is 19.4. The van der Waals surface area contributed by atoms with Gasteiger partial charge < -0.3 is 10.6 Å². The molecular formula is C14H17F3N2O. The maximum absolute atomic E-state index is 12.5. The zero-order valence-corrected chi connectivity index (χ0v) is 10.9. The van der Waals surface area contributed by atoms with E-state index < -0.39 is 24.7 Å². The zero-order chi connectivity index (χ0) is 14.8. The lowest BCUT2D eigenvalue weighted by atomic mass is 10.1. The quantitative estimate of drug-likeness (QED) is 0.901. The summed E-state index contributed by atoms with van der Waals surface area (Å²) in [5.41, 5.74) is 6.62. The van der Waals surface area contributed by atoms with Crippen LogP contribution in [-0.4, -0.2) is 35.6 Å². The van der Waals surface area contributed by atoms with Crippen LogP contribution in [0.1, 0.15) is 18.4 Å². The summed E-state index contributed by atoms with van der Waals surface area (Å²) in [5, 5.41) is 0. The second-order valence-electron chi connectivity index (χ2n) is 5.11. The van der Waals surface area contributed by atoms with Gasteiger partial charge in [-0.1, -0.05) is 30.3 Å². The number of benzene rings is 1. The SMILES string of the molecule is N[C@@H](Cc1ccccc1)C(=O)N(CC(F)(F)F)C1CC1. The molecule has 3 nitrogen and oxygen atoms in total. The van der Waals surface area contributed by atoms with Gasteiger partial charge in [0.25, 0.3) is 0 Å². The molecule has 1 fully saturated rings. The van der Waals surface area contributed by atoms with Crippen molar-refractivity contribution in [1.29, 1.82) is 0 Å². The first-order valence-electron chi connectivity index (χ1n) is 6.53. The van der Waals surface area contributed by atoms with Crippen LogP contribution < -0.4 is 5.73 Å². The van der Waals surface area contributed by atoms with Crippen LogP contribution in [0.5, 0.6) is 0 Å². The number of carbonyl (C=O) groups excluding carboxylic acids is 1. The number of amides is 1. The fraction of sp³-hybridized carbons (Fsp3) is 0.500. The summed E-state index contributed by atoms with van der Waals surface area (Å²) in [7, 11) is 0. The molecule has 2 rings (SSSR count). The predicted molar refractivity (Wildman–Crippen MR) is 68.9 cm³/mol. The van der Waals surface area contributed by atoms with Gasteiger partial charge in [-0.25, -0.2) is 0 Å². The van der Waals surface area contributed by atoms with E-state index in [1.165, 1.54) is 0 Å². The largest absolute Gasteiger partial charge is 0.406 e. The van der Waals surface area contributed by atoms with E-state index >= 15 is 0 Å². The van der Waals surface area contributed by atoms with Crippen molar-refractivity contribution in [1.82, 2.24) is 4.90 Å². The van der Waals surface area contributed by atoms with Crippen LogP contribution in [0, 0.1) is 0 Å². The van der Waals surface area contributed by atoms with Crippen molar-refractivity contribution in [2.24, 2.45) is 5.73 Å². The highest BCUT2D eigenvalue weighted by Gasteiger charge is 2.41. The van der Waals surface area contributed by atoms with E-state index in [1.54, 1.807) is 24.3 Å². The second-order valence-corrected chi connectivity index (χ2v) is 5.11. The third-order valence-electron chi connectivity index (χ3n) is 3.24. The van der Waals surface area contributed by atoms with Gasteiger partial charge in [-0.05, 0) is 24.8 Å². The molecule has 2 N–H and O–H groups in total. The van der Waals surface area contributed by atoms with Gasteiger partial charge in [-0.3, -0.25) is 4.79 Å². The summed E-state index contributed by atoms with van der Waals surface area (Å²) in [6.45, 7) is -1.21. The van der Waals surface area contributed by atoms with Gasteiger partial charge in [-0.15, -0.1) is 0 Å². The Morgan fingerprint density at radius 1 is 1.30 bits per heavy atom. The Morgan fingerprint density at radius 2 is 1.90 bits per heavy atom. The Hall–Kier alpha value is -1.56. The normalized spacial score (nSPS) is 16.8. The molecule has 110 valence electrons. The summed E-state index contributed by atoms with van der Waals surface area (Å²) >= 11 is 0. The Morgan fingerprint density at radius 3 is 2.40 bits per heavy atom. The molecule has 0 heterocycles. The van der Waals surface area contributed by atoms with Gasteiger partial charge in [0.05, 0.1) is 6.04 Å². The summed E-state index contributed by atoms with van der Waals surface area (Å²) < 4.78 is 37.5. The minimum Gasteiger partial charge on any atom is -0.329 e. The van der Waals surface area contributed by atoms with Crippen LogP contribution in [0.3, 0.4) is 0 Å². The molecule has 0 unspecified atom stereocenters. The standard InChI is InChI=1S/C14H17F3N2O/c15-14(16,17)9-19(11-6-7-11)13(20)12(18)8-10-4-2-1-3-5-10/h1-5,11-12H,6-9,18H2/t12-/m0/s1. The topological polar surface area (TPSA) is 46.3 Å². The molecular weight excluding hydrogens is 269 g/mol. The van der Waals surface area contributed by atoms with E-state index in [2.05, 4.69) is 0 Å². The lowest BCUT2D eigenvalue weighted by molar-refractivity contribution is -0.163. The van der Waals surface area contributed by atoms with Gasteiger partial charge in [0.1, 0.15) is 6.54 Å². The first kappa shape index (κ1) is 14.8. The van der Waals surface area contributed by atoms with Crippen LogP contribution in [0.4, 0.5) is 13.2 Å². The second kappa shape index (κ2) is 5.83. The number of nitrogens with zero attached hydrogens (tertiary/aromatic N) is 1. The molecule has 0 aliphatic heterocycles. The van der Waals surface area contributed by atoms with Gasteiger partial charge in [0.2, 0.25) is 5.91 Å². The molecule has 1 atom stereocenters. The van der Waals surface area contributed by atoms with Gasteiger partial charge >= 0.3 is 6.18 Å². The molecule has 6 heteroatoms. The monoisotopic (exact) mass is 286 g/mol. The molecule has 0 aromatic heterocycles. The van der Waals surface area contributed by atoms with E-state index in [0.29, 0.717) is 12.8 Å². The van der Waals surface area contributed by atoms with Crippen molar-refractivity contribution in [2.75, 3.05) is 6.54 Å². The molecule has 1 aromatic carbocycles. The minimum atomic E-state index is -4.38. The lowest BCUT2D eigenvalue weighted by Gasteiger charge is -2.26. The Labute approximate surface area is 115 Å². The number of alkyl halides is 3. The van der Waals surface area contributed by atoms with Crippen LogP contribution in [-0.2, 0) is 11.2 Å². The fourth-order valence-electron chi connectivity index (χ4n) is 2.13. The minimum absolute atomic E-state index is 0.251. The highest BCUT2D eigenvalue weighted by Crippen LogP contribution is 2.30. The third kappa shape index (κ3) is 4.23. The smallest absolute Gasteiger partial charge is 0.329 e. The highest BCUT2D eigenvalue weighted by molar-refractivity contribution is 5.82. The molecule has 0 radical (unpaired) electrons. The van der Waals surface area contributed by atoms with Crippen molar-refractivity contribution >= 4 is 5.91 Å². The van der Waals surface area contributed by atoms with E-state index in [4.69, 9.17) is 5.73 Å². The number of hydrogen-bond donors (Lipinski definition) is 1. The molecule has 0 spiro atoms. The zero-order valence-electron chi connectivity index (χ0n) is 10.9. The van der Waals surface area contributed by atoms with Gasteiger partial charge in [0.15, 0.2) is 0 Å². The van der Waals surface area contributed by atoms with E-state index in [-0.39, 0.29) is 12.5 Å². The lowest BCUT2D eigenvalue weighted by Crippen LogP contribution is -2.49. The number of carbonyl (C=O) groups is 1. The molecule has 1 aliphatic carbocycles. The summed E-state index contributed by atoms with van der Waals surface area (Å²) in [4.78, 5) is 13.0. The molecule has 1 aromatic rings. The van der Waals surface area contributed by atoms with E-state index in [1.807, 2.05) is 6.07 Å². The van der Waals surface area contributed by atoms with Crippen LogP contribution in [0.2, 0.25) is 0 Å². The van der Waals surface area contributed by atoms with Crippen molar-refractivity contribution in [3.05, 3.63) is 35.9 Å². The predicted octanol–water partition coefficient (Wildman–Crippen LogP) is 2.11. The molecule has 20 heavy (non-hydrogen) atoms. The summed E-state index contributed by atoms with van der Waals surface area (Å²) in [5.74, 6) is -0.617. The van der Waals surface area contributed by atoms with Crippen molar-refractivity contribution in [2.45, 2.75) is 37.5 Å². The third-order valence-corrected chi connectivity index (χ3v) is 3.24. The number of rotatable bonds is 5. The maximum Gasteiger partial charge on any atom is 0.406 e. The molecule has 0 bridgehead atoms. The maximum atomic E-state index is 12.5. The van der Waals surface area contributed by atoms with Crippen molar-refractivity contribution in [3.8, 4) is 0 Å². The molecule has 1 aliphatic rings.